The Morgan fingerprint density at radius 1 is 1.17 bits per heavy atom. The number of nitrogens with zero attached hydrogens (tertiary/aromatic N) is 5. The van der Waals surface area contributed by atoms with Gasteiger partial charge >= 0.3 is 0 Å². The average Bonchev–Trinajstić information content (AvgIpc) is 3.18. The highest BCUT2D eigenvalue weighted by molar-refractivity contribution is 5.93. The maximum atomic E-state index is 12.4. The first kappa shape index (κ1) is 19.3. The van der Waals surface area contributed by atoms with Crippen LogP contribution in [0.3, 0.4) is 0 Å². The topological polar surface area (TPSA) is 106 Å². The van der Waals surface area contributed by atoms with Crippen molar-refractivity contribution in [2.45, 2.75) is 13.8 Å². The van der Waals surface area contributed by atoms with Crippen LogP contribution in [0.2, 0.25) is 0 Å². The van der Waals surface area contributed by atoms with E-state index in [1.54, 1.807) is 29.0 Å². The number of anilines is 2. The van der Waals surface area contributed by atoms with Crippen molar-refractivity contribution in [2.75, 3.05) is 23.8 Å². The van der Waals surface area contributed by atoms with Gasteiger partial charge in [-0.3, -0.25) is 9.78 Å². The van der Waals surface area contributed by atoms with E-state index in [-0.39, 0.29) is 12.5 Å². The zero-order valence-corrected chi connectivity index (χ0v) is 16.7. The van der Waals surface area contributed by atoms with E-state index in [9.17, 15) is 4.79 Å². The summed E-state index contributed by atoms with van der Waals surface area (Å²) < 4.78 is 6.99. The fourth-order valence-electron chi connectivity index (χ4n) is 2.91. The van der Waals surface area contributed by atoms with Crippen molar-refractivity contribution in [3.05, 3.63) is 60.6 Å². The van der Waals surface area contributed by atoms with Crippen LogP contribution in [-0.2, 0) is 4.79 Å². The molecule has 0 aliphatic rings. The number of carbonyl (C=O) groups excluding carboxylic acids is 1. The van der Waals surface area contributed by atoms with Crippen LogP contribution in [0.15, 0.2) is 54.9 Å². The van der Waals surface area contributed by atoms with Crippen molar-refractivity contribution in [2.24, 2.45) is 0 Å². The Morgan fingerprint density at radius 3 is 2.73 bits per heavy atom. The van der Waals surface area contributed by atoms with Gasteiger partial charge in [0.1, 0.15) is 11.6 Å². The number of hydrogen-bond donors (Lipinski definition) is 2. The number of pyridine rings is 1. The number of amides is 1. The summed E-state index contributed by atoms with van der Waals surface area (Å²) in [7, 11) is 0. The third-order valence-corrected chi connectivity index (χ3v) is 4.24. The fraction of sp³-hybridized carbons (Fsp3) is 0.190. The Bertz CT molecular complexity index is 1160. The molecule has 4 rings (SSSR count). The molecular weight excluding hydrogens is 382 g/mol. The van der Waals surface area contributed by atoms with Crippen LogP contribution in [0.25, 0.3) is 17.2 Å². The molecule has 152 valence electrons. The molecule has 0 aliphatic carbocycles. The van der Waals surface area contributed by atoms with E-state index in [4.69, 9.17) is 4.74 Å². The summed E-state index contributed by atoms with van der Waals surface area (Å²) in [5.74, 6) is 2.17. The zero-order valence-electron chi connectivity index (χ0n) is 16.7. The molecule has 1 aromatic carbocycles. The Labute approximate surface area is 173 Å². The number of fused-ring (bicyclic) bond motifs is 1. The summed E-state index contributed by atoms with van der Waals surface area (Å²) >= 11 is 0. The second-order valence-corrected chi connectivity index (χ2v) is 6.53. The predicted molar refractivity (Wildman–Crippen MR) is 113 cm³/mol. The van der Waals surface area contributed by atoms with Crippen molar-refractivity contribution in [1.82, 2.24) is 24.6 Å². The molecule has 0 saturated heterocycles. The molecule has 0 saturated carbocycles. The van der Waals surface area contributed by atoms with Gasteiger partial charge in [-0.15, -0.1) is 5.10 Å². The first-order valence-corrected chi connectivity index (χ1v) is 9.54. The SMILES string of the molecule is CCOc1ccc(NC(=O)CNc2cc(C)nc3nc(-c4cccnc4)nn23)cc1. The molecule has 0 spiro atoms. The van der Waals surface area contributed by atoms with Gasteiger partial charge in [-0.1, -0.05) is 0 Å². The van der Waals surface area contributed by atoms with Gasteiger partial charge in [-0.05, 0) is 50.2 Å². The highest BCUT2D eigenvalue weighted by Gasteiger charge is 2.12. The lowest BCUT2D eigenvalue weighted by molar-refractivity contribution is -0.114. The van der Waals surface area contributed by atoms with E-state index in [0.29, 0.717) is 29.7 Å². The highest BCUT2D eigenvalue weighted by Crippen LogP contribution is 2.18. The Morgan fingerprint density at radius 2 is 2.00 bits per heavy atom. The number of carbonyl (C=O) groups is 1. The normalized spacial score (nSPS) is 10.7. The summed E-state index contributed by atoms with van der Waals surface area (Å²) in [6, 6.07) is 12.8. The molecule has 2 N–H and O–H groups in total. The summed E-state index contributed by atoms with van der Waals surface area (Å²) in [5, 5.41) is 10.5. The quantitative estimate of drug-likeness (QED) is 0.489. The van der Waals surface area contributed by atoms with Gasteiger partial charge in [-0.25, -0.2) is 4.98 Å². The smallest absolute Gasteiger partial charge is 0.254 e. The van der Waals surface area contributed by atoms with Gasteiger partial charge in [0.05, 0.1) is 13.2 Å². The number of aromatic nitrogens is 5. The lowest BCUT2D eigenvalue weighted by Crippen LogP contribution is -2.23. The predicted octanol–water partition coefficient (Wildman–Crippen LogP) is 2.94. The number of hydrogen-bond acceptors (Lipinski definition) is 7. The van der Waals surface area contributed by atoms with Crippen LogP contribution in [0, 0.1) is 6.92 Å². The maximum Gasteiger partial charge on any atom is 0.254 e. The lowest BCUT2D eigenvalue weighted by atomic mass is 10.3. The minimum Gasteiger partial charge on any atom is -0.494 e. The van der Waals surface area contributed by atoms with E-state index in [2.05, 4.69) is 30.7 Å². The van der Waals surface area contributed by atoms with Crippen molar-refractivity contribution < 1.29 is 9.53 Å². The van der Waals surface area contributed by atoms with E-state index < -0.39 is 0 Å². The molecule has 0 aliphatic heterocycles. The van der Waals surface area contributed by atoms with Crippen LogP contribution < -0.4 is 15.4 Å². The fourth-order valence-corrected chi connectivity index (χ4v) is 2.91. The van der Waals surface area contributed by atoms with Gasteiger partial charge in [0.2, 0.25) is 5.91 Å². The molecule has 30 heavy (non-hydrogen) atoms. The monoisotopic (exact) mass is 403 g/mol. The zero-order chi connectivity index (χ0) is 20.9. The molecular formula is C21H21N7O2. The van der Waals surface area contributed by atoms with Gasteiger partial charge in [0.25, 0.3) is 5.78 Å². The number of benzene rings is 1. The lowest BCUT2D eigenvalue weighted by Gasteiger charge is -2.10. The van der Waals surface area contributed by atoms with Crippen LogP contribution in [0.5, 0.6) is 5.75 Å². The van der Waals surface area contributed by atoms with Crippen molar-refractivity contribution in [3.8, 4) is 17.1 Å². The van der Waals surface area contributed by atoms with Crippen LogP contribution >= 0.6 is 0 Å². The van der Waals surface area contributed by atoms with Gasteiger partial charge in [0, 0.05) is 35.4 Å². The molecule has 0 fully saturated rings. The molecule has 9 nitrogen and oxygen atoms in total. The van der Waals surface area contributed by atoms with Crippen LogP contribution in [0.1, 0.15) is 12.6 Å². The minimum atomic E-state index is -0.186. The summed E-state index contributed by atoms with van der Waals surface area (Å²) in [6.07, 6.45) is 3.39. The second-order valence-electron chi connectivity index (χ2n) is 6.53. The summed E-state index contributed by atoms with van der Waals surface area (Å²) in [6.45, 7) is 4.45. The minimum absolute atomic E-state index is 0.0633. The number of ether oxygens (including phenoxy) is 1. The molecule has 3 aromatic heterocycles. The first-order chi connectivity index (χ1) is 14.6. The molecule has 9 heteroatoms. The van der Waals surface area contributed by atoms with E-state index in [0.717, 1.165) is 17.0 Å². The standard InChI is InChI=1S/C21H21N7O2/c1-3-30-17-8-6-16(7-9-17)25-19(29)13-23-18-11-14(2)24-21-26-20(27-28(18)21)15-5-4-10-22-12-15/h4-12,23H,3,13H2,1-2H3,(H,25,29). The number of aryl methyl sites for hydroxylation is 1. The summed E-state index contributed by atoms with van der Waals surface area (Å²) in [4.78, 5) is 25.4. The Balaban J connectivity index is 1.48. The van der Waals surface area contributed by atoms with E-state index in [1.807, 2.05) is 44.2 Å². The summed E-state index contributed by atoms with van der Waals surface area (Å²) in [5.41, 5.74) is 2.25. The Hall–Kier alpha value is -4.01. The van der Waals surface area contributed by atoms with Crippen molar-refractivity contribution in [3.63, 3.8) is 0 Å². The van der Waals surface area contributed by atoms with Crippen molar-refractivity contribution in [1.29, 1.82) is 0 Å². The third-order valence-electron chi connectivity index (χ3n) is 4.24. The Kier molecular flexibility index (Phi) is 5.51. The first-order valence-electron chi connectivity index (χ1n) is 9.54. The van der Waals surface area contributed by atoms with Crippen LogP contribution in [-0.4, -0.2) is 43.6 Å². The highest BCUT2D eigenvalue weighted by atomic mass is 16.5. The van der Waals surface area contributed by atoms with Crippen molar-refractivity contribution >= 4 is 23.2 Å². The second kappa shape index (κ2) is 8.56. The average molecular weight is 403 g/mol. The largest absolute Gasteiger partial charge is 0.494 e. The van der Waals surface area contributed by atoms with Gasteiger partial charge in [-0.2, -0.15) is 9.50 Å². The molecule has 0 bridgehead atoms. The van der Waals surface area contributed by atoms with Gasteiger partial charge in [0.15, 0.2) is 5.82 Å². The maximum absolute atomic E-state index is 12.4. The molecule has 0 radical (unpaired) electrons. The number of rotatable bonds is 7. The molecule has 0 atom stereocenters. The molecule has 3 heterocycles. The van der Waals surface area contributed by atoms with Crippen LogP contribution in [0.4, 0.5) is 11.5 Å². The third kappa shape index (κ3) is 4.35. The molecule has 0 unspecified atom stereocenters. The van der Waals surface area contributed by atoms with E-state index >= 15 is 0 Å². The molecule has 1 amide bonds. The molecule has 4 aromatic rings. The number of nitrogens with one attached hydrogen (secondary N) is 2. The van der Waals surface area contributed by atoms with E-state index in [1.165, 1.54) is 0 Å². The van der Waals surface area contributed by atoms with Gasteiger partial charge < -0.3 is 15.4 Å².